The van der Waals surface area contributed by atoms with Crippen molar-refractivity contribution in [2.45, 2.75) is 51.4 Å². The molecule has 1 aliphatic rings. The molecule has 2 unspecified atom stereocenters. The van der Waals surface area contributed by atoms with E-state index in [4.69, 9.17) is 4.74 Å². The van der Waals surface area contributed by atoms with E-state index in [1.54, 1.807) is 12.7 Å². The molecule has 0 amide bonds. The fourth-order valence-electron chi connectivity index (χ4n) is 3.43. The first kappa shape index (κ1) is 17.1. The van der Waals surface area contributed by atoms with Crippen LogP contribution in [-0.4, -0.2) is 37.3 Å². The van der Waals surface area contributed by atoms with Crippen molar-refractivity contribution in [2.24, 2.45) is 0 Å². The van der Waals surface area contributed by atoms with Gasteiger partial charge in [-0.15, -0.1) is 0 Å². The summed E-state index contributed by atoms with van der Waals surface area (Å²) in [5, 5.41) is 9.29. The number of nitrogens with zero attached hydrogens (tertiary/aromatic N) is 4. The van der Waals surface area contributed by atoms with E-state index in [9.17, 15) is 5.11 Å². The third kappa shape index (κ3) is 2.99. The molecule has 136 valence electrons. The summed E-state index contributed by atoms with van der Waals surface area (Å²) in [4.78, 5) is 13.5. The summed E-state index contributed by atoms with van der Waals surface area (Å²) >= 11 is 0. The fourth-order valence-corrected chi connectivity index (χ4v) is 3.43. The lowest BCUT2D eigenvalue weighted by Gasteiger charge is -2.19. The number of imidazole rings is 1. The molecule has 1 fully saturated rings. The third-order valence-corrected chi connectivity index (χ3v) is 4.98. The Morgan fingerprint density at radius 1 is 1.12 bits per heavy atom. The van der Waals surface area contributed by atoms with Crippen LogP contribution in [0, 0.1) is 0 Å². The maximum atomic E-state index is 9.29. The average molecular weight is 352 g/mol. The van der Waals surface area contributed by atoms with Gasteiger partial charge in [0.15, 0.2) is 5.65 Å². The van der Waals surface area contributed by atoms with Crippen molar-refractivity contribution in [3.8, 4) is 11.3 Å². The molecule has 1 N–H and O–H groups in total. The Bertz CT molecular complexity index is 912. The minimum atomic E-state index is -0.136. The van der Waals surface area contributed by atoms with Crippen molar-refractivity contribution in [3.05, 3.63) is 42.5 Å². The highest BCUT2D eigenvalue weighted by molar-refractivity contribution is 5.87. The first-order valence-electron chi connectivity index (χ1n) is 9.02. The third-order valence-electron chi connectivity index (χ3n) is 4.98. The predicted octanol–water partition coefficient (Wildman–Crippen LogP) is 3.46. The van der Waals surface area contributed by atoms with Crippen molar-refractivity contribution in [1.29, 1.82) is 0 Å². The zero-order valence-electron chi connectivity index (χ0n) is 15.4. The number of fused-ring (bicyclic) bond motifs is 1. The molecule has 0 aliphatic carbocycles. The van der Waals surface area contributed by atoms with Crippen LogP contribution in [0.2, 0.25) is 0 Å². The maximum Gasteiger partial charge on any atom is 0.165 e. The van der Waals surface area contributed by atoms with Gasteiger partial charge < -0.3 is 9.84 Å². The second-order valence-corrected chi connectivity index (χ2v) is 7.85. The summed E-state index contributed by atoms with van der Waals surface area (Å²) in [5.41, 5.74) is 4.78. The largest absolute Gasteiger partial charge is 0.394 e. The van der Waals surface area contributed by atoms with Gasteiger partial charge in [0.1, 0.15) is 23.8 Å². The minimum absolute atomic E-state index is 0.0451. The summed E-state index contributed by atoms with van der Waals surface area (Å²) in [5.74, 6) is 0. The van der Waals surface area contributed by atoms with Crippen LogP contribution in [0.15, 0.2) is 36.9 Å². The lowest BCUT2D eigenvalue weighted by Crippen LogP contribution is -2.14. The van der Waals surface area contributed by atoms with Crippen molar-refractivity contribution < 1.29 is 9.84 Å². The van der Waals surface area contributed by atoms with Gasteiger partial charge in [-0.3, -0.25) is 4.57 Å². The Morgan fingerprint density at radius 3 is 2.54 bits per heavy atom. The van der Waals surface area contributed by atoms with Gasteiger partial charge in [0.2, 0.25) is 0 Å². The SMILES string of the molecule is CC(C)(C)c1ccc(-c2ncnc3c2ncn3C2CCC(CO)O2)cc1. The Balaban J connectivity index is 1.71. The van der Waals surface area contributed by atoms with E-state index < -0.39 is 0 Å². The summed E-state index contributed by atoms with van der Waals surface area (Å²) in [7, 11) is 0. The van der Waals surface area contributed by atoms with Crippen LogP contribution < -0.4 is 0 Å². The van der Waals surface area contributed by atoms with E-state index in [1.807, 2.05) is 4.57 Å². The Hall–Kier alpha value is -2.31. The number of benzene rings is 1. The molecule has 0 radical (unpaired) electrons. The normalized spacial score (nSPS) is 20.8. The molecule has 1 aliphatic heterocycles. The number of aromatic nitrogens is 4. The predicted molar refractivity (Wildman–Crippen MR) is 99.7 cm³/mol. The van der Waals surface area contributed by atoms with E-state index in [2.05, 4.69) is 60.0 Å². The molecule has 3 aromatic rings. The molecule has 3 heterocycles. The van der Waals surface area contributed by atoms with Crippen LogP contribution in [0.3, 0.4) is 0 Å². The number of aliphatic hydroxyl groups is 1. The second-order valence-electron chi connectivity index (χ2n) is 7.85. The fraction of sp³-hybridized carbons (Fsp3) is 0.450. The highest BCUT2D eigenvalue weighted by Crippen LogP contribution is 2.32. The molecule has 0 bridgehead atoms. The van der Waals surface area contributed by atoms with Crippen molar-refractivity contribution in [3.63, 3.8) is 0 Å². The summed E-state index contributed by atoms with van der Waals surface area (Å²) in [6.45, 7) is 6.65. The van der Waals surface area contributed by atoms with E-state index in [1.165, 1.54) is 5.56 Å². The van der Waals surface area contributed by atoms with Crippen molar-refractivity contribution in [1.82, 2.24) is 19.5 Å². The zero-order chi connectivity index (χ0) is 18.3. The van der Waals surface area contributed by atoms with Crippen LogP contribution in [0.25, 0.3) is 22.4 Å². The topological polar surface area (TPSA) is 73.1 Å². The molecule has 0 spiro atoms. The Kier molecular flexibility index (Phi) is 4.25. The molecule has 0 saturated carbocycles. The quantitative estimate of drug-likeness (QED) is 0.781. The van der Waals surface area contributed by atoms with Gasteiger partial charge in [0, 0.05) is 5.56 Å². The molecule has 6 nitrogen and oxygen atoms in total. The second kappa shape index (κ2) is 6.45. The molecule has 1 saturated heterocycles. The summed E-state index contributed by atoms with van der Waals surface area (Å²) in [6, 6.07) is 8.48. The summed E-state index contributed by atoms with van der Waals surface area (Å²) < 4.78 is 7.82. The van der Waals surface area contributed by atoms with Gasteiger partial charge in [0.05, 0.1) is 19.0 Å². The minimum Gasteiger partial charge on any atom is -0.394 e. The van der Waals surface area contributed by atoms with Gasteiger partial charge in [-0.25, -0.2) is 15.0 Å². The first-order valence-corrected chi connectivity index (χ1v) is 9.02. The number of ether oxygens (including phenoxy) is 1. The van der Waals surface area contributed by atoms with Gasteiger partial charge in [-0.2, -0.15) is 0 Å². The van der Waals surface area contributed by atoms with Crippen LogP contribution >= 0.6 is 0 Å². The lowest BCUT2D eigenvalue weighted by atomic mass is 9.86. The molecule has 1 aromatic carbocycles. The van der Waals surface area contributed by atoms with Crippen LogP contribution in [-0.2, 0) is 10.2 Å². The molecular weight excluding hydrogens is 328 g/mol. The lowest BCUT2D eigenvalue weighted by molar-refractivity contribution is -0.0207. The van der Waals surface area contributed by atoms with Crippen molar-refractivity contribution >= 4 is 11.2 Å². The molecular formula is C20H24N4O2. The van der Waals surface area contributed by atoms with Gasteiger partial charge in [-0.05, 0) is 23.8 Å². The number of hydrogen-bond acceptors (Lipinski definition) is 5. The van der Waals surface area contributed by atoms with Gasteiger partial charge in [0.25, 0.3) is 0 Å². The van der Waals surface area contributed by atoms with Crippen LogP contribution in [0.4, 0.5) is 0 Å². The Labute approximate surface area is 152 Å². The highest BCUT2D eigenvalue weighted by Gasteiger charge is 2.28. The molecule has 2 aromatic heterocycles. The maximum absolute atomic E-state index is 9.29. The van der Waals surface area contributed by atoms with E-state index in [-0.39, 0.29) is 24.4 Å². The number of hydrogen-bond donors (Lipinski definition) is 1. The number of rotatable bonds is 3. The first-order chi connectivity index (χ1) is 12.5. The van der Waals surface area contributed by atoms with E-state index in [0.29, 0.717) is 0 Å². The zero-order valence-corrected chi connectivity index (χ0v) is 15.4. The van der Waals surface area contributed by atoms with Crippen molar-refractivity contribution in [2.75, 3.05) is 6.61 Å². The van der Waals surface area contributed by atoms with Crippen LogP contribution in [0.5, 0.6) is 0 Å². The van der Waals surface area contributed by atoms with Gasteiger partial charge >= 0.3 is 0 Å². The smallest absolute Gasteiger partial charge is 0.165 e. The molecule has 26 heavy (non-hydrogen) atoms. The van der Waals surface area contributed by atoms with E-state index in [0.717, 1.165) is 35.3 Å². The van der Waals surface area contributed by atoms with E-state index >= 15 is 0 Å². The molecule has 6 heteroatoms. The molecule has 4 rings (SSSR count). The Morgan fingerprint density at radius 2 is 1.88 bits per heavy atom. The standard InChI is InChI=1S/C20H24N4O2/c1-20(2,3)14-6-4-13(5-7-14)17-18-19(22-11-21-17)24(12-23-18)16-9-8-15(10-25)26-16/h4-7,11-12,15-16,25H,8-10H2,1-3H3. The monoisotopic (exact) mass is 352 g/mol. The number of aliphatic hydroxyl groups excluding tert-OH is 1. The molecule has 2 atom stereocenters. The highest BCUT2D eigenvalue weighted by atomic mass is 16.5. The van der Waals surface area contributed by atoms with Crippen LogP contribution in [0.1, 0.15) is 45.4 Å². The average Bonchev–Trinajstić information content (AvgIpc) is 3.27. The van der Waals surface area contributed by atoms with Gasteiger partial charge in [-0.1, -0.05) is 45.0 Å². The summed E-state index contributed by atoms with van der Waals surface area (Å²) in [6.07, 6.45) is 4.78.